The molecule has 8 heteroatoms. The van der Waals surface area contributed by atoms with Crippen molar-refractivity contribution in [1.29, 1.82) is 0 Å². The number of carboxylic acids is 1. The first-order chi connectivity index (χ1) is 16.5. The first-order valence-corrected chi connectivity index (χ1v) is 11.7. The van der Waals surface area contributed by atoms with Crippen LogP contribution in [-0.4, -0.2) is 66.9 Å². The van der Waals surface area contributed by atoms with Crippen LogP contribution in [-0.2, 0) is 19.1 Å². The zero-order valence-corrected chi connectivity index (χ0v) is 19.1. The van der Waals surface area contributed by atoms with Gasteiger partial charge in [-0.15, -0.1) is 0 Å². The summed E-state index contributed by atoms with van der Waals surface area (Å²) >= 11 is 0. The first-order valence-electron chi connectivity index (χ1n) is 11.7. The molecule has 8 nitrogen and oxygen atoms in total. The Bertz CT molecular complexity index is 994. The van der Waals surface area contributed by atoms with E-state index in [4.69, 9.17) is 14.6 Å². The number of carbonyl (C=O) groups excluding carboxylic acids is 2. The van der Waals surface area contributed by atoms with Gasteiger partial charge in [0, 0.05) is 25.0 Å². The van der Waals surface area contributed by atoms with Crippen molar-refractivity contribution in [3.63, 3.8) is 0 Å². The zero-order chi connectivity index (χ0) is 23.9. The van der Waals surface area contributed by atoms with Gasteiger partial charge in [-0.25, -0.2) is 4.79 Å². The van der Waals surface area contributed by atoms with Crippen molar-refractivity contribution < 1.29 is 29.0 Å². The SMILES string of the molecule is O=C(O)CC1CCCCN1C(=O)COCCNC(=O)OCC1c2ccccc2-c2ccccc21. The standard InChI is InChI=1S/C26H30N2O6/c29-24(28-13-6-5-7-18(28)15-25(30)31)17-33-14-12-27-26(32)34-16-23-21-10-3-1-8-19(21)20-9-2-4-11-22(20)23/h1-4,8-11,18,23H,5-7,12-17H2,(H,27,32)(H,30,31). The predicted molar refractivity (Wildman–Crippen MR) is 125 cm³/mol. The van der Waals surface area contributed by atoms with Crippen LogP contribution in [0, 0.1) is 0 Å². The van der Waals surface area contributed by atoms with E-state index in [9.17, 15) is 14.4 Å². The molecule has 4 rings (SSSR count). The lowest BCUT2D eigenvalue weighted by Gasteiger charge is -2.34. The highest BCUT2D eigenvalue weighted by Gasteiger charge is 2.29. The maximum absolute atomic E-state index is 12.4. The van der Waals surface area contributed by atoms with Crippen LogP contribution in [0.5, 0.6) is 0 Å². The summed E-state index contributed by atoms with van der Waals surface area (Å²) in [5.41, 5.74) is 4.64. The average molecular weight is 467 g/mol. The number of nitrogens with one attached hydrogen (secondary N) is 1. The minimum Gasteiger partial charge on any atom is -0.481 e. The van der Waals surface area contributed by atoms with Gasteiger partial charge in [-0.1, -0.05) is 48.5 Å². The molecule has 2 aliphatic rings. The average Bonchev–Trinajstić information content (AvgIpc) is 3.16. The van der Waals surface area contributed by atoms with Gasteiger partial charge in [0.25, 0.3) is 0 Å². The number of ether oxygens (including phenoxy) is 2. The van der Waals surface area contributed by atoms with Crippen molar-refractivity contribution in [2.75, 3.05) is 32.9 Å². The maximum atomic E-state index is 12.4. The summed E-state index contributed by atoms with van der Waals surface area (Å²) in [6.45, 7) is 1.02. The van der Waals surface area contributed by atoms with Crippen molar-refractivity contribution in [2.24, 2.45) is 0 Å². The number of hydrogen-bond donors (Lipinski definition) is 2. The molecule has 34 heavy (non-hydrogen) atoms. The number of carboxylic acid groups (broad SMARTS) is 1. The Kier molecular flexibility index (Phi) is 7.80. The molecular weight excluding hydrogens is 436 g/mol. The highest BCUT2D eigenvalue weighted by molar-refractivity contribution is 5.79. The van der Waals surface area contributed by atoms with Crippen LogP contribution in [0.15, 0.2) is 48.5 Å². The van der Waals surface area contributed by atoms with E-state index in [1.807, 2.05) is 24.3 Å². The van der Waals surface area contributed by atoms with Gasteiger partial charge in [-0.2, -0.15) is 0 Å². The summed E-state index contributed by atoms with van der Waals surface area (Å²) in [7, 11) is 0. The van der Waals surface area contributed by atoms with Crippen LogP contribution in [0.3, 0.4) is 0 Å². The number of hydrogen-bond acceptors (Lipinski definition) is 5. The Hall–Kier alpha value is -3.39. The van der Waals surface area contributed by atoms with Gasteiger partial charge in [0.1, 0.15) is 13.2 Å². The van der Waals surface area contributed by atoms with Gasteiger partial charge < -0.3 is 24.8 Å². The van der Waals surface area contributed by atoms with Gasteiger partial charge >= 0.3 is 12.1 Å². The largest absolute Gasteiger partial charge is 0.481 e. The normalized spacial score (nSPS) is 17.1. The second-order valence-corrected chi connectivity index (χ2v) is 8.64. The smallest absolute Gasteiger partial charge is 0.407 e. The quantitative estimate of drug-likeness (QED) is 0.549. The molecule has 1 aliphatic carbocycles. The summed E-state index contributed by atoms with van der Waals surface area (Å²) in [5.74, 6) is -1.12. The van der Waals surface area contributed by atoms with E-state index < -0.39 is 12.1 Å². The van der Waals surface area contributed by atoms with Crippen molar-refractivity contribution in [1.82, 2.24) is 10.2 Å². The molecule has 1 unspecified atom stereocenters. The number of fused-ring (bicyclic) bond motifs is 3. The van der Waals surface area contributed by atoms with Crippen LogP contribution in [0.25, 0.3) is 11.1 Å². The third-order valence-corrected chi connectivity index (χ3v) is 6.44. The minimum absolute atomic E-state index is 0.00434. The molecular formula is C26H30N2O6. The fourth-order valence-corrected chi connectivity index (χ4v) is 4.86. The number of alkyl carbamates (subject to hydrolysis) is 1. The van der Waals surface area contributed by atoms with Crippen LogP contribution in [0.1, 0.15) is 42.7 Å². The second-order valence-electron chi connectivity index (χ2n) is 8.64. The lowest BCUT2D eigenvalue weighted by Crippen LogP contribution is -2.46. The summed E-state index contributed by atoms with van der Waals surface area (Å²) in [4.78, 5) is 37.3. The van der Waals surface area contributed by atoms with Crippen LogP contribution < -0.4 is 5.32 Å². The van der Waals surface area contributed by atoms with Gasteiger partial charge in [-0.05, 0) is 41.5 Å². The number of likely N-dealkylation sites (tertiary alicyclic amines) is 1. The first kappa shape index (κ1) is 23.8. The van der Waals surface area contributed by atoms with E-state index in [-0.39, 0.29) is 50.7 Å². The third kappa shape index (κ3) is 5.56. The molecule has 1 heterocycles. The zero-order valence-electron chi connectivity index (χ0n) is 19.1. The molecule has 1 fully saturated rings. The molecule has 1 saturated heterocycles. The monoisotopic (exact) mass is 466 g/mol. The topological polar surface area (TPSA) is 105 Å². The van der Waals surface area contributed by atoms with Crippen LogP contribution in [0.4, 0.5) is 4.79 Å². The summed E-state index contributed by atoms with van der Waals surface area (Å²) < 4.78 is 10.9. The Balaban J connectivity index is 1.18. The number of rotatable bonds is 9. The van der Waals surface area contributed by atoms with E-state index >= 15 is 0 Å². The highest BCUT2D eigenvalue weighted by atomic mass is 16.5. The van der Waals surface area contributed by atoms with Crippen LogP contribution in [0.2, 0.25) is 0 Å². The van der Waals surface area contributed by atoms with E-state index in [1.165, 1.54) is 11.1 Å². The molecule has 0 aromatic heterocycles. The number of nitrogens with zero attached hydrogens (tertiary/aromatic N) is 1. The number of piperidine rings is 1. The van der Waals surface area contributed by atoms with E-state index in [0.717, 1.165) is 24.0 Å². The van der Waals surface area contributed by atoms with Gasteiger partial charge in [0.15, 0.2) is 0 Å². The molecule has 2 amide bonds. The Morgan fingerprint density at radius 3 is 2.35 bits per heavy atom. The number of aliphatic carboxylic acids is 1. The Morgan fingerprint density at radius 2 is 1.68 bits per heavy atom. The molecule has 0 saturated carbocycles. The van der Waals surface area contributed by atoms with Crippen molar-refractivity contribution in [3.05, 3.63) is 59.7 Å². The summed E-state index contributed by atoms with van der Waals surface area (Å²) in [6, 6.07) is 16.0. The molecule has 180 valence electrons. The lowest BCUT2D eigenvalue weighted by molar-refractivity contribution is -0.144. The number of carbonyl (C=O) groups is 3. The predicted octanol–water partition coefficient (Wildman–Crippen LogP) is 3.40. The molecule has 0 spiro atoms. The fourth-order valence-electron chi connectivity index (χ4n) is 4.86. The minimum atomic E-state index is -0.905. The maximum Gasteiger partial charge on any atom is 0.407 e. The Morgan fingerprint density at radius 1 is 1.00 bits per heavy atom. The molecule has 2 aromatic carbocycles. The molecule has 1 atom stereocenters. The molecule has 2 aromatic rings. The van der Waals surface area contributed by atoms with E-state index in [0.29, 0.717) is 13.0 Å². The molecule has 0 radical (unpaired) electrons. The lowest BCUT2D eigenvalue weighted by atomic mass is 9.98. The summed E-state index contributed by atoms with van der Waals surface area (Å²) in [5, 5.41) is 11.7. The second kappa shape index (κ2) is 11.2. The third-order valence-electron chi connectivity index (χ3n) is 6.44. The van der Waals surface area contributed by atoms with Gasteiger partial charge in [-0.3, -0.25) is 9.59 Å². The fraction of sp³-hybridized carbons (Fsp3) is 0.423. The molecule has 1 aliphatic heterocycles. The number of benzene rings is 2. The Labute approximate surface area is 198 Å². The van der Waals surface area contributed by atoms with E-state index in [2.05, 4.69) is 29.6 Å². The van der Waals surface area contributed by atoms with Gasteiger partial charge in [0.05, 0.1) is 13.0 Å². The van der Waals surface area contributed by atoms with Crippen molar-refractivity contribution in [3.8, 4) is 11.1 Å². The van der Waals surface area contributed by atoms with Crippen molar-refractivity contribution in [2.45, 2.75) is 37.6 Å². The molecule has 2 N–H and O–H groups in total. The van der Waals surface area contributed by atoms with E-state index in [1.54, 1.807) is 4.90 Å². The highest BCUT2D eigenvalue weighted by Crippen LogP contribution is 2.44. The van der Waals surface area contributed by atoms with Crippen LogP contribution >= 0.6 is 0 Å². The molecule has 0 bridgehead atoms. The van der Waals surface area contributed by atoms with Gasteiger partial charge in [0.2, 0.25) is 5.91 Å². The summed E-state index contributed by atoms with van der Waals surface area (Å²) in [6.07, 6.45) is 1.91. The number of amides is 2. The van der Waals surface area contributed by atoms with Crippen molar-refractivity contribution >= 4 is 18.0 Å².